The Morgan fingerprint density at radius 3 is 1.91 bits per heavy atom. The molecule has 4 atom stereocenters. The number of aldehydes is 1. The quantitative estimate of drug-likeness (QED) is 0.146. The van der Waals surface area contributed by atoms with Crippen LogP contribution in [0.3, 0.4) is 0 Å². The topological polar surface area (TPSA) is 211 Å². The average Bonchev–Trinajstić information content (AvgIpc) is 2.57. The van der Waals surface area contributed by atoms with Crippen molar-refractivity contribution in [3.05, 3.63) is 0 Å². The lowest BCUT2D eigenvalue weighted by Gasteiger charge is -2.23. The first-order valence-corrected chi connectivity index (χ1v) is 6.51. The van der Waals surface area contributed by atoms with Crippen LogP contribution in [0.2, 0.25) is 0 Å². The van der Waals surface area contributed by atoms with Crippen molar-refractivity contribution in [2.45, 2.75) is 36.9 Å². The molecule has 138 valence electrons. The summed E-state index contributed by atoms with van der Waals surface area (Å²) in [4.78, 5) is 20.2. The lowest BCUT2D eigenvalue weighted by atomic mass is 10.0. The number of hydrogen-bond donors (Lipinski definition) is 8. The maximum atomic E-state index is 10.3. The molecule has 0 fully saturated rings. The molecule has 0 unspecified atom stereocenters. The van der Waals surface area contributed by atoms with Gasteiger partial charge in [0.15, 0.2) is 6.29 Å². The minimum atomic E-state index is -1.79. The van der Waals surface area contributed by atoms with Gasteiger partial charge in [0, 0.05) is 6.92 Å². The molecule has 0 aromatic rings. The van der Waals surface area contributed by atoms with Crippen molar-refractivity contribution in [1.29, 1.82) is 0 Å². The number of ether oxygens (including phenoxy) is 1. The Bertz CT molecular complexity index is 336. The van der Waals surface area contributed by atoms with Gasteiger partial charge in [-0.2, -0.15) is 0 Å². The summed E-state index contributed by atoms with van der Waals surface area (Å²) in [6.45, 7) is -0.540. The van der Waals surface area contributed by atoms with Crippen LogP contribution < -0.4 is 5.73 Å². The van der Waals surface area contributed by atoms with Crippen molar-refractivity contribution in [3.8, 4) is 0 Å². The molecular weight excluding hydrogens is 318 g/mol. The van der Waals surface area contributed by atoms with Crippen LogP contribution in [0.25, 0.3) is 0 Å². The number of hydrogen-bond acceptors (Lipinski definition) is 11. The predicted octanol–water partition coefficient (Wildman–Crippen LogP) is -5.15. The van der Waals surface area contributed by atoms with Crippen molar-refractivity contribution in [1.82, 2.24) is 0 Å². The number of aliphatic hydroxyl groups is 7. The summed E-state index contributed by atoms with van der Waals surface area (Å²) in [6, 6.07) is 0. The average molecular weight is 343 g/mol. The highest BCUT2D eigenvalue weighted by molar-refractivity contribution is 5.65. The van der Waals surface area contributed by atoms with Crippen LogP contribution in [-0.2, 0) is 14.3 Å². The number of esters is 1. The van der Waals surface area contributed by atoms with E-state index >= 15 is 0 Å². The minimum absolute atomic E-state index is 0.0258. The van der Waals surface area contributed by atoms with Gasteiger partial charge in [-0.05, 0) is 0 Å². The number of aliphatic hydroxyl groups excluding tert-OH is 7. The number of nitrogens with two attached hydrogens (primary N) is 1. The summed E-state index contributed by atoms with van der Waals surface area (Å²) < 4.78 is 4.50. The first-order valence-electron chi connectivity index (χ1n) is 6.51. The van der Waals surface area contributed by atoms with E-state index in [1.54, 1.807) is 0 Å². The van der Waals surface area contributed by atoms with Crippen molar-refractivity contribution in [2.75, 3.05) is 26.4 Å². The highest BCUT2D eigenvalue weighted by Crippen LogP contribution is 2.03. The molecule has 11 nitrogen and oxygen atoms in total. The van der Waals surface area contributed by atoms with E-state index in [1.165, 1.54) is 6.92 Å². The van der Waals surface area contributed by atoms with Gasteiger partial charge in [0.25, 0.3) is 0 Å². The van der Waals surface area contributed by atoms with Gasteiger partial charge < -0.3 is 51.0 Å². The Labute approximate surface area is 132 Å². The normalized spacial score (nSPS) is 16.4. The fourth-order valence-corrected chi connectivity index (χ4v) is 1.00. The van der Waals surface area contributed by atoms with Gasteiger partial charge in [0.1, 0.15) is 31.0 Å². The van der Waals surface area contributed by atoms with E-state index in [4.69, 9.17) is 41.5 Å². The summed E-state index contributed by atoms with van der Waals surface area (Å²) in [5.74, 6) is -0.485. The predicted molar refractivity (Wildman–Crippen MR) is 74.9 cm³/mol. The van der Waals surface area contributed by atoms with E-state index in [1.807, 2.05) is 0 Å². The fraction of sp³-hybridized carbons (Fsp3) is 0.833. The Morgan fingerprint density at radius 1 is 1.13 bits per heavy atom. The van der Waals surface area contributed by atoms with Crippen molar-refractivity contribution in [3.63, 3.8) is 0 Å². The Kier molecular flexibility index (Phi) is 12.8. The Morgan fingerprint density at radius 2 is 1.61 bits per heavy atom. The smallest absolute Gasteiger partial charge is 0.302 e. The van der Waals surface area contributed by atoms with E-state index < -0.39 is 55.7 Å². The molecule has 0 aromatic heterocycles. The molecule has 11 heteroatoms. The molecule has 0 spiro atoms. The molecule has 0 rings (SSSR count). The summed E-state index contributed by atoms with van der Waals surface area (Å²) in [6.07, 6.45) is -6.84. The van der Waals surface area contributed by atoms with Gasteiger partial charge in [0.2, 0.25) is 0 Å². The Hall–Kier alpha value is -1.18. The van der Waals surface area contributed by atoms with Crippen LogP contribution in [0, 0.1) is 0 Å². The monoisotopic (exact) mass is 343 g/mol. The fourth-order valence-electron chi connectivity index (χ4n) is 1.00. The third-order valence-electron chi connectivity index (χ3n) is 2.61. The number of carbonyl (C=O) groups is 2. The lowest BCUT2D eigenvalue weighted by Crippen LogP contribution is -2.51. The lowest BCUT2D eigenvalue weighted by molar-refractivity contribution is -0.143. The van der Waals surface area contributed by atoms with Crippen molar-refractivity contribution < 1.29 is 50.1 Å². The molecule has 9 N–H and O–H groups in total. The third kappa shape index (κ3) is 10.3. The second-order valence-electron chi connectivity index (χ2n) is 4.82. The first kappa shape index (κ1) is 24.1. The third-order valence-corrected chi connectivity index (χ3v) is 2.61. The van der Waals surface area contributed by atoms with Crippen LogP contribution in [-0.4, -0.2) is 104 Å². The van der Waals surface area contributed by atoms with Crippen molar-refractivity contribution >= 4 is 12.3 Å². The zero-order chi connectivity index (χ0) is 18.6. The van der Waals surface area contributed by atoms with E-state index in [9.17, 15) is 9.59 Å². The molecule has 23 heavy (non-hydrogen) atoms. The van der Waals surface area contributed by atoms with Gasteiger partial charge in [-0.3, -0.25) is 4.79 Å². The molecule has 0 saturated carbocycles. The number of carbonyl (C=O) groups excluding carboxylic acids is 2. The second kappa shape index (κ2) is 12.3. The van der Waals surface area contributed by atoms with E-state index in [0.29, 0.717) is 0 Å². The molecule has 0 heterocycles. The molecule has 0 saturated heterocycles. The molecule has 0 aromatic carbocycles. The van der Waals surface area contributed by atoms with Gasteiger partial charge in [-0.15, -0.1) is 0 Å². The maximum absolute atomic E-state index is 10.3. The maximum Gasteiger partial charge on any atom is 0.302 e. The molecule has 0 amide bonds. The van der Waals surface area contributed by atoms with Gasteiger partial charge in [-0.1, -0.05) is 0 Å². The molecule has 0 radical (unpaired) electrons. The van der Waals surface area contributed by atoms with Gasteiger partial charge in [0.05, 0.1) is 25.4 Å². The van der Waals surface area contributed by atoms with Crippen LogP contribution in [0.1, 0.15) is 6.92 Å². The molecule has 0 bridgehead atoms. The van der Waals surface area contributed by atoms with E-state index in [-0.39, 0.29) is 12.9 Å². The van der Waals surface area contributed by atoms with Crippen LogP contribution in [0.5, 0.6) is 0 Å². The summed E-state index contributed by atoms with van der Waals surface area (Å²) >= 11 is 0. The molecule has 0 aliphatic carbocycles. The highest BCUT2D eigenvalue weighted by atomic mass is 16.5. The Balaban J connectivity index is 0. The van der Waals surface area contributed by atoms with E-state index in [2.05, 4.69) is 4.74 Å². The molecule has 0 aliphatic rings. The first-order chi connectivity index (χ1) is 10.6. The minimum Gasteiger partial charge on any atom is -0.464 e. The molecular formula is C12H25NO10. The summed E-state index contributed by atoms with van der Waals surface area (Å²) in [5.41, 5.74) is 4.15. The largest absolute Gasteiger partial charge is 0.464 e. The van der Waals surface area contributed by atoms with Gasteiger partial charge >= 0.3 is 5.97 Å². The van der Waals surface area contributed by atoms with Crippen LogP contribution >= 0.6 is 0 Å². The zero-order valence-electron chi connectivity index (χ0n) is 12.6. The number of rotatable bonds is 9. The SMILES string of the molecule is CC(=O)OCC(N)(CO)CO.O=C[C@H](O)[C@@H](O)[C@H](O)[C@H](O)CO. The zero-order valence-corrected chi connectivity index (χ0v) is 12.6. The standard InChI is InChI=1S/C6H13NO4.C6H12O6/c1-5(10)11-4-6(7,2-8)3-9;7-1-3(9)5(11)6(12)4(10)2-8/h8-9H,2-4,7H2,1H3;1,3-6,8-12H,2H2/t;3-,4+,5+,6+/m.0/s1. The highest BCUT2D eigenvalue weighted by Gasteiger charge is 2.29. The second-order valence-corrected chi connectivity index (χ2v) is 4.82. The van der Waals surface area contributed by atoms with Crippen LogP contribution in [0.15, 0.2) is 0 Å². The molecule has 0 aliphatic heterocycles. The van der Waals surface area contributed by atoms with Crippen molar-refractivity contribution in [2.24, 2.45) is 5.73 Å². The van der Waals surface area contributed by atoms with Gasteiger partial charge in [-0.25, -0.2) is 0 Å². The summed E-state index contributed by atoms with van der Waals surface area (Å²) in [7, 11) is 0. The summed E-state index contributed by atoms with van der Waals surface area (Å²) in [5, 5.41) is 60.8. The van der Waals surface area contributed by atoms with Crippen LogP contribution in [0.4, 0.5) is 0 Å². The van der Waals surface area contributed by atoms with E-state index in [0.717, 1.165) is 0 Å².